The van der Waals surface area contributed by atoms with Crippen LogP contribution in [0.4, 0.5) is 5.69 Å². The van der Waals surface area contributed by atoms with Gasteiger partial charge in [0.2, 0.25) is 5.91 Å². The van der Waals surface area contributed by atoms with Crippen molar-refractivity contribution in [1.82, 2.24) is 0 Å². The molecule has 0 bridgehead atoms. The first-order chi connectivity index (χ1) is 12.2. The number of ether oxygens (including phenoxy) is 2. The molecule has 1 heterocycles. The second-order valence-corrected chi connectivity index (χ2v) is 6.97. The number of carbonyl (C=O) groups is 1. The van der Waals surface area contributed by atoms with Crippen molar-refractivity contribution in [2.24, 2.45) is 0 Å². The minimum absolute atomic E-state index is 0.0746. The van der Waals surface area contributed by atoms with Gasteiger partial charge in [-0.3, -0.25) is 4.79 Å². The molecule has 1 aliphatic carbocycles. The summed E-state index contributed by atoms with van der Waals surface area (Å²) in [6.45, 7) is 3.17. The molecule has 1 N–H and O–H groups in total. The monoisotopic (exact) mass is 337 g/mol. The molecule has 0 atom stereocenters. The summed E-state index contributed by atoms with van der Waals surface area (Å²) in [5.41, 5.74) is 2.66. The van der Waals surface area contributed by atoms with E-state index in [9.17, 15) is 4.79 Å². The molecule has 4 rings (SSSR count). The first kappa shape index (κ1) is 16.0. The number of hydrogen-bond acceptors (Lipinski definition) is 3. The molecule has 0 spiro atoms. The summed E-state index contributed by atoms with van der Waals surface area (Å²) in [5.74, 6) is 1.50. The molecule has 130 valence electrons. The summed E-state index contributed by atoms with van der Waals surface area (Å²) >= 11 is 0. The smallest absolute Gasteiger partial charge is 0.235 e. The van der Waals surface area contributed by atoms with Gasteiger partial charge in [-0.1, -0.05) is 42.7 Å². The van der Waals surface area contributed by atoms with E-state index in [2.05, 4.69) is 36.5 Å². The highest BCUT2D eigenvalue weighted by molar-refractivity contribution is 5.99. The standard InChI is InChI=1S/C21H23NO3/c1-15-4-6-16(7-5-15)21(10-2-3-11-21)20(23)22-17-8-9-18-19(14-17)25-13-12-24-18/h4-9,14H,2-3,10-13H2,1H3,(H,22,23). The third kappa shape index (κ3) is 2.97. The van der Waals surface area contributed by atoms with E-state index in [1.54, 1.807) is 0 Å². The molecule has 2 aromatic rings. The Kier molecular flexibility index (Phi) is 4.12. The van der Waals surface area contributed by atoms with Crippen LogP contribution in [0.5, 0.6) is 11.5 Å². The molecule has 0 radical (unpaired) electrons. The topological polar surface area (TPSA) is 47.6 Å². The molecule has 0 saturated heterocycles. The van der Waals surface area contributed by atoms with Crippen LogP contribution in [0.15, 0.2) is 42.5 Å². The first-order valence-corrected chi connectivity index (χ1v) is 8.96. The van der Waals surface area contributed by atoms with Crippen LogP contribution in [0.1, 0.15) is 36.8 Å². The van der Waals surface area contributed by atoms with Crippen LogP contribution in [-0.2, 0) is 10.2 Å². The average Bonchev–Trinajstić information content (AvgIpc) is 3.13. The van der Waals surface area contributed by atoms with Crippen LogP contribution in [0.2, 0.25) is 0 Å². The number of amides is 1. The van der Waals surface area contributed by atoms with Crippen LogP contribution < -0.4 is 14.8 Å². The summed E-state index contributed by atoms with van der Waals surface area (Å²) < 4.78 is 11.2. The average molecular weight is 337 g/mol. The number of carbonyl (C=O) groups excluding carboxylic acids is 1. The predicted octanol–water partition coefficient (Wildman–Crippen LogP) is 4.22. The van der Waals surface area contributed by atoms with E-state index in [4.69, 9.17) is 9.47 Å². The highest BCUT2D eigenvalue weighted by Gasteiger charge is 2.42. The van der Waals surface area contributed by atoms with Crippen molar-refractivity contribution in [3.8, 4) is 11.5 Å². The molecule has 0 unspecified atom stereocenters. The maximum atomic E-state index is 13.2. The molecular weight excluding hydrogens is 314 g/mol. The Hall–Kier alpha value is -2.49. The first-order valence-electron chi connectivity index (χ1n) is 8.96. The quantitative estimate of drug-likeness (QED) is 0.912. The van der Waals surface area contributed by atoms with Crippen molar-refractivity contribution in [2.45, 2.75) is 38.0 Å². The van der Waals surface area contributed by atoms with Gasteiger partial charge in [-0.2, -0.15) is 0 Å². The zero-order valence-corrected chi connectivity index (χ0v) is 14.5. The SMILES string of the molecule is Cc1ccc(C2(C(=O)Nc3ccc4c(c3)OCCO4)CCCC2)cc1. The summed E-state index contributed by atoms with van der Waals surface area (Å²) in [4.78, 5) is 13.2. The van der Waals surface area contributed by atoms with Crippen molar-refractivity contribution >= 4 is 11.6 Å². The molecular formula is C21H23NO3. The van der Waals surface area contributed by atoms with E-state index in [-0.39, 0.29) is 5.91 Å². The predicted molar refractivity (Wildman–Crippen MR) is 97.4 cm³/mol. The van der Waals surface area contributed by atoms with E-state index in [0.717, 1.165) is 42.7 Å². The molecule has 2 aliphatic rings. The van der Waals surface area contributed by atoms with E-state index >= 15 is 0 Å². The fourth-order valence-electron chi connectivity index (χ4n) is 3.87. The molecule has 1 amide bonds. The number of benzene rings is 2. The lowest BCUT2D eigenvalue weighted by molar-refractivity contribution is -0.121. The Morgan fingerprint density at radius 2 is 1.64 bits per heavy atom. The third-order valence-electron chi connectivity index (χ3n) is 5.30. The number of nitrogens with one attached hydrogen (secondary N) is 1. The lowest BCUT2D eigenvalue weighted by Gasteiger charge is -2.29. The highest BCUT2D eigenvalue weighted by atomic mass is 16.6. The highest BCUT2D eigenvalue weighted by Crippen LogP contribution is 2.42. The van der Waals surface area contributed by atoms with Crippen LogP contribution in [-0.4, -0.2) is 19.1 Å². The van der Waals surface area contributed by atoms with E-state index in [0.29, 0.717) is 19.0 Å². The Balaban J connectivity index is 1.60. The van der Waals surface area contributed by atoms with Gasteiger partial charge in [0.25, 0.3) is 0 Å². The fourth-order valence-corrected chi connectivity index (χ4v) is 3.87. The molecule has 25 heavy (non-hydrogen) atoms. The van der Waals surface area contributed by atoms with Gasteiger partial charge in [-0.05, 0) is 37.5 Å². The molecule has 1 aliphatic heterocycles. The van der Waals surface area contributed by atoms with Gasteiger partial charge >= 0.3 is 0 Å². The molecule has 0 aromatic heterocycles. The Morgan fingerprint density at radius 3 is 2.36 bits per heavy atom. The van der Waals surface area contributed by atoms with Gasteiger partial charge in [0, 0.05) is 11.8 Å². The normalized spacial score (nSPS) is 18.0. The number of hydrogen-bond donors (Lipinski definition) is 1. The molecule has 1 saturated carbocycles. The largest absolute Gasteiger partial charge is 0.486 e. The molecule has 1 fully saturated rings. The van der Waals surface area contributed by atoms with Crippen LogP contribution in [0, 0.1) is 6.92 Å². The van der Waals surface area contributed by atoms with Gasteiger partial charge in [-0.25, -0.2) is 0 Å². The lowest BCUT2D eigenvalue weighted by atomic mass is 9.77. The van der Waals surface area contributed by atoms with Gasteiger partial charge in [0.1, 0.15) is 13.2 Å². The minimum atomic E-state index is -0.430. The van der Waals surface area contributed by atoms with Crippen molar-refractivity contribution in [3.63, 3.8) is 0 Å². The summed E-state index contributed by atoms with van der Waals surface area (Å²) in [6.07, 6.45) is 3.96. The molecule has 2 aromatic carbocycles. The van der Waals surface area contributed by atoms with Crippen LogP contribution in [0.25, 0.3) is 0 Å². The van der Waals surface area contributed by atoms with Gasteiger partial charge < -0.3 is 14.8 Å². The van der Waals surface area contributed by atoms with Gasteiger partial charge in [0.05, 0.1) is 5.41 Å². The maximum absolute atomic E-state index is 13.2. The lowest BCUT2D eigenvalue weighted by Crippen LogP contribution is -2.38. The Labute approximate surface area is 148 Å². The number of anilines is 1. The van der Waals surface area contributed by atoms with E-state index in [1.807, 2.05) is 18.2 Å². The van der Waals surface area contributed by atoms with Crippen molar-refractivity contribution in [1.29, 1.82) is 0 Å². The summed E-state index contributed by atoms with van der Waals surface area (Å²) in [5, 5.41) is 3.11. The second-order valence-electron chi connectivity index (χ2n) is 6.97. The van der Waals surface area contributed by atoms with Crippen molar-refractivity contribution in [3.05, 3.63) is 53.6 Å². The Bertz CT molecular complexity index is 776. The van der Waals surface area contributed by atoms with Crippen LogP contribution >= 0.6 is 0 Å². The summed E-state index contributed by atoms with van der Waals surface area (Å²) in [7, 11) is 0. The second kappa shape index (κ2) is 6.43. The number of rotatable bonds is 3. The third-order valence-corrected chi connectivity index (χ3v) is 5.30. The van der Waals surface area contributed by atoms with E-state index in [1.165, 1.54) is 5.56 Å². The number of aryl methyl sites for hydroxylation is 1. The van der Waals surface area contributed by atoms with Gasteiger partial charge in [-0.15, -0.1) is 0 Å². The zero-order valence-electron chi connectivity index (χ0n) is 14.5. The molecule has 4 heteroatoms. The van der Waals surface area contributed by atoms with E-state index < -0.39 is 5.41 Å². The summed E-state index contributed by atoms with van der Waals surface area (Å²) in [6, 6.07) is 14.0. The Morgan fingerprint density at radius 1 is 0.960 bits per heavy atom. The van der Waals surface area contributed by atoms with Gasteiger partial charge in [0.15, 0.2) is 11.5 Å². The molecule has 4 nitrogen and oxygen atoms in total. The minimum Gasteiger partial charge on any atom is -0.486 e. The van der Waals surface area contributed by atoms with Crippen molar-refractivity contribution < 1.29 is 14.3 Å². The zero-order chi connectivity index (χ0) is 17.3. The van der Waals surface area contributed by atoms with Crippen molar-refractivity contribution in [2.75, 3.05) is 18.5 Å². The maximum Gasteiger partial charge on any atom is 0.235 e. The van der Waals surface area contributed by atoms with Crippen LogP contribution in [0.3, 0.4) is 0 Å². The number of fused-ring (bicyclic) bond motifs is 1. The fraction of sp³-hybridized carbons (Fsp3) is 0.381.